The average Bonchev–Trinajstić information content (AvgIpc) is 0.973. The van der Waals surface area contributed by atoms with Crippen molar-refractivity contribution < 1.29 is 78.6 Å². The number of aryl methyl sites for hydroxylation is 2. The zero-order valence-electron chi connectivity index (χ0n) is 52.3. The number of hydrogen-bond acceptors (Lipinski definition) is 22. The number of benzene rings is 3. The zero-order valence-corrected chi connectivity index (χ0v) is 56.6. The lowest BCUT2D eigenvalue weighted by Gasteiger charge is -2.39. The third-order valence-corrected chi connectivity index (χ3v) is 25.7. The summed E-state index contributed by atoms with van der Waals surface area (Å²) in [4.78, 5) is 51.8. The molecule has 5 aromatic rings. The van der Waals surface area contributed by atoms with Crippen LogP contribution in [-0.4, -0.2) is 142 Å². The maximum absolute atomic E-state index is 14.0. The molecule has 4 unspecified atom stereocenters. The van der Waals surface area contributed by atoms with E-state index >= 15 is 0 Å². The Morgan fingerprint density at radius 3 is 2.34 bits per heavy atom. The fourth-order valence-electron chi connectivity index (χ4n) is 13.3. The number of fused-ring (bicyclic) bond motifs is 5. The number of carbonyl (C=O) groups excluding carboxylic acids is 2. The lowest BCUT2D eigenvalue weighted by atomic mass is 9.81. The van der Waals surface area contributed by atoms with Crippen molar-refractivity contribution in [3.05, 3.63) is 110 Å². The van der Waals surface area contributed by atoms with Gasteiger partial charge in [-0.1, -0.05) is 40.7 Å². The number of amides is 2. The van der Waals surface area contributed by atoms with Crippen LogP contribution in [0, 0.1) is 5.92 Å². The number of ether oxygens (including phenoxy) is 3. The number of carboxylic acids is 1. The summed E-state index contributed by atoms with van der Waals surface area (Å²) in [5, 5.41) is 19.7. The summed E-state index contributed by atoms with van der Waals surface area (Å²) in [6.07, 6.45) is 15.5. The molecule has 0 bridgehead atoms. The zero-order chi connectivity index (χ0) is 64.7. The summed E-state index contributed by atoms with van der Waals surface area (Å²) in [5.41, 5.74) is 15.4. The van der Waals surface area contributed by atoms with E-state index in [1.807, 2.05) is 36.8 Å². The first-order valence-corrected chi connectivity index (χ1v) is 38.0. The van der Waals surface area contributed by atoms with Crippen LogP contribution in [-0.2, 0) is 90.6 Å². The number of carboxylic acid groups (broad SMARTS) is 1. The van der Waals surface area contributed by atoms with Gasteiger partial charge >= 0.3 is 29.4 Å². The Balaban J connectivity index is 0.655. The van der Waals surface area contributed by atoms with Gasteiger partial charge < -0.3 is 45.2 Å². The predicted octanol–water partition coefficient (Wildman–Crippen LogP) is 9.08. The summed E-state index contributed by atoms with van der Waals surface area (Å²) in [6, 6.07) is 9.41. The van der Waals surface area contributed by atoms with Crippen LogP contribution in [0.5, 0.6) is 11.5 Å². The number of phosphoric ester groups is 2. The largest absolute Gasteiger partial charge is 0.492 e. The molecule has 1 saturated heterocycles. The van der Waals surface area contributed by atoms with Gasteiger partial charge in [0.25, 0.3) is 5.91 Å². The summed E-state index contributed by atoms with van der Waals surface area (Å²) >= 11 is 0. The summed E-state index contributed by atoms with van der Waals surface area (Å²) in [6.45, 7) is 8.12. The molecular weight excluding hydrogens is 1290 g/mol. The third kappa shape index (κ3) is 13.8. The van der Waals surface area contributed by atoms with E-state index in [4.69, 9.17) is 42.1 Å². The maximum Gasteiger partial charge on any atom is 0.492 e. The van der Waals surface area contributed by atoms with Crippen LogP contribution in [0.25, 0.3) is 22.7 Å². The summed E-state index contributed by atoms with van der Waals surface area (Å²) in [5.74, 6) is 1.41. The second kappa shape index (κ2) is 27.7. The molecule has 7 aliphatic rings. The number of hydrogen-bond donors (Lipinski definition) is 4. The van der Waals surface area contributed by atoms with E-state index < -0.39 is 54.0 Å². The normalized spacial score (nSPS) is 21.6. The molecule has 1 saturated carbocycles. The number of aromatic nitrogens is 3. The number of nitrogens with one attached hydrogen (secondary N) is 2. The molecule has 8 heterocycles. The van der Waals surface area contributed by atoms with Gasteiger partial charge in [-0.2, -0.15) is 8.62 Å². The van der Waals surface area contributed by atoms with Crippen LogP contribution in [0.1, 0.15) is 125 Å². The van der Waals surface area contributed by atoms with Crippen LogP contribution in [0.2, 0.25) is 0 Å². The van der Waals surface area contributed by atoms with E-state index in [0.29, 0.717) is 52.3 Å². The third-order valence-electron chi connectivity index (χ3n) is 17.8. The van der Waals surface area contributed by atoms with Crippen molar-refractivity contribution in [1.82, 2.24) is 29.7 Å². The van der Waals surface area contributed by atoms with E-state index in [2.05, 4.69) is 51.3 Å². The van der Waals surface area contributed by atoms with Gasteiger partial charge in [0, 0.05) is 142 Å². The van der Waals surface area contributed by atoms with Crippen LogP contribution in [0.15, 0.2) is 48.9 Å². The lowest BCUT2D eigenvalue weighted by Crippen LogP contribution is -2.45. The highest BCUT2D eigenvalue weighted by molar-refractivity contribution is 8.76. The fraction of sp³-hybridized carbons (Fsp3) is 0.516. The molecule has 5 N–H and O–H groups in total. The molecule has 2 fully saturated rings. The van der Waals surface area contributed by atoms with E-state index in [1.165, 1.54) is 39.6 Å². The van der Waals surface area contributed by atoms with Crippen LogP contribution < -0.4 is 41.2 Å². The minimum absolute atomic E-state index is 0.0326. The van der Waals surface area contributed by atoms with Gasteiger partial charge in [-0.3, -0.25) is 32.2 Å². The average molecular weight is 1360 g/mol. The molecule has 2 amide bonds. The highest BCUT2D eigenvalue weighted by Gasteiger charge is 2.51. The quantitative estimate of drug-likeness (QED) is 0.0154. The molecule has 92 heavy (non-hydrogen) atoms. The first-order valence-electron chi connectivity index (χ1n) is 31.1. The van der Waals surface area contributed by atoms with Gasteiger partial charge in [-0.25, -0.2) is 33.0 Å². The molecule has 6 atom stereocenters. The first kappa shape index (κ1) is 66.5. The van der Waals surface area contributed by atoms with E-state index in [1.54, 1.807) is 39.8 Å². The number of nitrogens with zero attached hydrogens (tertiary/aromatic N) is 5. The van der Waals surface area contributed by atoms with Gasteiger partial charge in [0.2, 0.25) is 11.3 Å². The standard InChI is InChI=1S/C62H77N8O17P3S2/c1-37(15-16-41-34-70(59-52(41)58(63)66-36-67-59)62(2)32-49(83-42-18-19-42)50(85-62)35-82-89(76,80-5)87-90(77,81-6)86-88(75,78-3)79-4)33-65-51(71)21-27-91-92-28-22-64-60(72)40-17-20-43(61(73)74)46(31-40)53-47-29-38-11-7-23-68-25-9-13-44(54(38)68)56(47)84-57-45-14-10-26-69-24-8-12-39(55(45)69)30-48(53)57/h15-17,20,29-31,34,36-37,42,49-50H,7-14,18-19,21-28,32-33,35H2,1-6H3,(H4-,63,64,65,66,67,71,72,73,74)/p+1/b16-15+/t37?,49?,50-,62-,89?,90?/m1/s1. The first-order chi connectivity index (χ1) is 44.3. The van der Waals surface area contributed by atoms with Crippen LogP contribution >= 0.6 is 45.1 Å². The van der Waals surface area contributed by atoms with E-state index in [9.17, 15) is 33.2 Å². The second-order valence-corrected chi connectivity index (χ2v) is 32.5. The maximum atomic E-state index is 14.0. The molecular formula is C62H78N8O17P3S2+. The number of rotatable bonds is 28. The molecule has 2 aromatic heterocycles. The van der Waals surface area contributed by atoms with Gasteiger partial charge in [0.1, 0.15) is 54.2 Å². The minimum atomic E-state index is -4.93. The molecule has 0 radical (unpaired) electrons. The van der Waals surface area contributed by atoms with Crippen molar-refractivity contribution >= 4 is 97.0 Å². The molecule has 30 heteroatoms. The number of aromatic carboxylic acids is 1. The van der Waals surface area contributed by atoms with Crippen LogP contribution in [0.4, 0.5) is 11.5 Å². The SMILES string of the molecule is COP(=O)(OC)OP(=O)(OC)OP(=O)(OC)OC[C@H]1O[C@@](C)(n2cc(/C=C/C(C)CNC(=O)CCSSCCNC(=O)c3ccc(C(=O)O)c(C4=c5cc6c7c(c5Oc5c4cc4c8c5CCCN8CCC4)CCC[N+]=7CCC6)c3)c3c(N)ncnc32)CC1OC1CC1. The number of nitrogens with two attached hydrogens (primary N) is 1. The topological polar surface area (TPSA) is 302 Å². The van der Waals surface area contributed by atoms with Gasteiger partial charge in [-0.15, -0.1) is 0 Å². The second-order valence-electron chi connectivity index (χ2n) is 24.1. The molecule has 12 rings (SSSR count). The van der Waals surface area contributed by atoms with Crippen molar-refractivity contribution in [3.63, 3.8) is 0 Å². The van der Waals surface area contributed by atoms with Crippen molar-refractivity contribution in [1.29, 1.82) is 0 Å². The minimum Gasteiger partial charge on any atom is -0.478 e. The highest BCUT2D eigenvalue weighted by atomic mass is 33.1. The van der Waals surface area contributed by atoms with Crippen molar-refractivity contribution in [2.75, 3.05) is 96.5 Å². The van der Waals surface area contributed by atoms with Crippen LogP contribution in [0.3, 0.4) is 0 Å². The summed E-state index contributed by atoms with van der Waals surface area (Å²) in [7, 11) is -7.20. The molecule has 494 valence electrons. The smallest absolute Gasteiger partial charge is 0.478 e. The van der Waals surface area contributed by atoms with E-state index in [0.717, 1.165) is 147 Å². The molecule has 0 spiro atoms. The van der Waals surface area contributed by atoms with Crippen molar-refractivity contribution in [2.45, 2.75) is 115 Å². The Labute approximate surface area is 541 Å². The van der Waals surface area contributed by atoms with Gasteiger partial charge in [-0.05, 0) is 106 Å². The number of anilines is 2. The fourth-order valence-corrected chi connectivity index (χ4v) is 19.7. The molecule has 6 aliphatic heterocycles. The van der Waals surface area contributed by atoms with E-state index in [-0.39, 0.29) is 48.1 Å². The number of phosphoric acid groups is 3. The molecule has 3 aromatic carbocycles. The van der Waals surface area contributed by atoms with Crippen molar-refractivity contribution in [3.8, 4) is 11.5 Å². The lowest BCUT2D eigenvalue weighted by molar-refractivity contribution is -0.120. The predicted molar refractivity (Wildman–Crippen MR) is 349 cm³/mol. The number of nitrogen functional groups attached to an aromatic ring is 1. The monoisotopic (exact) mass is 1360 g/mol. The highest BCUT2D eigenvalue weighted by Crippen LogP contribution is 2.72. The molecule has 25 nitrogen and oxygen atoms in total. The Bertz CT molecular complexity index is 4040. The van der Waals surface area contributed by atoms with Gasteiger partial charge in [0.05, 0.1) is 35.3 Å². The summed E-state index contributed by atoms with van der Waals surface area (Å²) < 4.78 is 99.1. The Hall–Kier alpha value is -5.47. The van der Waals surface area contributed by atoms with Gasteiger partial charge in [0.15, 0.2) is 0 Å². The van der Waals surface area contributed by atoms with Crippen molar-refractivity contribution in [2.24, 2.45) is 5.92 Å². The Morgan fingerprint density at radius 1 is 0.870 bits per heavy atom. The Morgan fingerprint density at radius 2 is 1.59 bits per heavy atom. The Kier molecular flexibility index (Phi) is 20.0. The number of carbonyl (C=O) groups is 3. The molecule has 1 aliphatic carbocycles.